The number of hydrogen-bond acceptors (Lipinski definition) is 7. The Morgan fingerprint density at radius 1 is 0.742 bits per heavy atom. The molecule has 2 fully saturated rings. The fourth-order valence-corrected chi connectivity index (χ4v) is 13.3. The average Bonchev–Trinajstić information content (AvgIpc) is 3.78. The lowest BCUT2D eigenvalue weighted by atomic mass is 10.00. The van der Waals surface area contributed by atoms with E-state index < -0.39 is 56.3 Å². The van der Waals surface area contributed by atoms with Crippen molar-refractivity contribution < 1.29 is 33.1 Å². The number of ketones is 1. The minimum absolute atomic E-state index is 0.139. The number of amides is 4. The molecule has 11 nitrogen and oxygen atoms in total. The van der Waals surface area contributed by atoms with Crippen LogP contribution in [0, 0.1) is 0 Å². The van der Waals surface area contributed by atoms with E-state index >= 15 is 0 Å². The summed E-state index contributed by atoms with van der Waals surface area (Å²) in [6.45, 7) is 8.67. The van der Waals surface area contributed by atoms with Gasteiger partial charge in [0.2, 0.25) is 23.6 Å². The predicted molar refractivity (Wildman–Crippen MR) is 244 cm³/mol. The molecule has 0 aliphatic carbocycles. The first-order chi connectivity index (χ1) is 29.8. The molecule has 12 heteroatoms. The van der Waals surface area contributed by atoms with Crippen LogP contribution in [-0.2, 0) is 41.2 Å². The van der Waals surface area contributed by atoms with E-state index in [-0.39, 0.29) is 36.0 Å². The molecule has 2 aliphatic rings. The summed E-state index contributed by atoms with van der Waals surface area (Å²) < 4.78 is 12.3. The Balaban J connectivity index is 1.18. The fraction of sp³-hybridized carbons (Fsp3) is 0.380. The highest BCUT2D eigenvalue weighted by molar-refractivity contribution is 6.99. The number of unbranched alkanes of at least 4 members (excludes halogenated alkanes) is 1. The van der Waals surface area contributed by atoms with Gasteiger partial charge in [0.15, 0.2) is 5.78 Å². The molecule has 2 heterocycles. The molecule has 0 bridgehead atoms. The lowest BCUT2D eigenvalue weighted by Gasteiger charge is -2.44. The van der Waals surface area contributed by atoms with Crippen molar-refractivity contribution in [1.29, 1.82) is 0 Å². The van der Waals surface area contributed by atoms with E-state index in [4.69, 9.17) is 9.16 Å². The summed E-state index contributed by atoms with van der Waals surface area (Å²) >= 11 is 0. The molecule has 326 valence electrons. The van der Waals surface area contributed by atoms with Crippen molar-refractivity contribution >= 4 is 48.1 Å². The molecular weight excluding hydrogens is 797 g/mol. The zero-order chi connectivity index (χ0) is 44.3. The van der Waals surface area contributed by atoms with Crippen molar-refractivity contribution in [2.24, 2.45) is 0 Å². The van der Waals surface area contributed by atoms with Crippen LogP contribution >= 0.6 is 0 Å². The standard InChI is InChI=1S/C50H60N4O7Si/c1-35(61-62(50(2,3)4,39-21-12-7-13-22-39)40-23-14-8-15-24-40)45(55)27-17-9-16-25-41-46(56)52-42(33-37-28-30-38(60-5)31-29-37)47(57)53-43(34-36-19-10-6-11-20-36)49(59)54-32-18-26-44(54)48(58)51-41/h6-8,10-15,17,19-24,27-31,35,41-44H,9,16,18,25-26,32-34H2,1-5H3,(H,51,58)(H,52,56)(H,53,57)/b27-17+/t35-,41-,42+,43-,44+/m0/s1. The highest BCUT2D eigenvalue weighted by Gasteiger charge is 2.51. The zero-order valence-corrected chi connectivity index (χ0v) is 37.5. The van der Waals surface area contributed by atoms with Crippen molar-refractivity contribution in [2.45, 2.75) is 108 Å². The summed E-state index contributed by atoms with van der Waals surface area (Å²) in [4.78, 5) is 71.8. The van der Waals surface area contributed by atoms with Crippen LogP contribution in [0.25, 0.3) is 0 Å². The van der Waals surface area contributed by atoms with Crippen LogP contribution in [0.1, 0.15) is 70.9 Å². The molecule has 62 heavy (non-hydrogen) atoms. The van der Waals surface area contributed by atoms with Gasteiger partial charge in [-0.1, -0.05) is 130 Å². The van der Waals surface area contributed by atoms with E-state index in [1.165, 1.54) is 0 Å². The van der Waals surface area contributed by atoms with E-state index in [1.54, 1.807) is 43.2 Å². The molecule has 4 aromatic rings. The number of nitrogens with one attached hydrogen (secondary N) is 3. The third kappa shape index (κ3) is 11.0. The Kier molecular flexibility index (Phi) is 15.3. The van der Waals surface area contributed by atoms with Crippen LogP contribution in [0.15, 0.2) is 127 Å². The van der Waals surface area contributed by atoms with Gasteiger partial charge in [0.25, 0.3) is 8.32 Å². The van der Waals surface area contributed by atoms with Gasteiger partial charge in [-0.15, -0.1) is 0 Å². The van der Waals surface area contributed by atoms with Gasteiger partial charge in [-0.3, -0.25) is 24.0 Å². The number of allylic oxidation sites excluding steroid dienone is 1. The van der Waals surface area contributed by atoms with Crippen molar-refractivity contribution in [1.82, 2.24) is 20.9 Å². The number of carbonyl (C=O) groups is 5. The maximum absolute atomic E-state index is 14.2. The van der Waals surface area contributed by atoms with Gasteiger partial charge in [0.05, 0.1) is 7.11 Å². The Bertz CT molecular complexity index is 2140. The molecule has 0 radical (unpaired) electrons. The third-order valence-corrected chi connectivity index (χ3v) is 17.0. The Hall–Kier alpha value is -5.85. The molecule has 0 spiro atoms. The molecule has 2 aliphatic heterocycles. The van der Waals surface area contributed by atoms with Crippen LogP contribution in [0.3, 0.4) is 0 Å². The van der Waals surface area contributed by atoms with E-state index in [0.717, 1.165) is 21.5 Å². The lowest BCUT2D eigenvalue weighted by Crippen LogP contribution is -2.68. The first-order valence-electron chi connectivity index (χ1n) is 21.7. The second-order valence-electron chi connectivity index (χ2n) is 17.3. The van der Waals surface area contributed by atoms with Crippen molar-refractivity contribution in [2.75, 3.05) is 13.7 Å². The summed E-state index contributed by atoms with van der Waals surface area (Å²) in [6.07, 6.45) is 5.16. The van der Waals surface area contributed by atoms with Crippen molar-refractivity contribution in [3.63, 3.8) is 0 Å². The first kappa shape index (κ1) is 45.7. The molecule has 2 saturated heterocycles. The van der Waals surface area contributed by atoms with Crippen molar-refractivity contribution in [3.8, 4) is 5.75 Å². The van der Waals surface area contributed by atoms with Gasteiger partial charge in [-0.05, 0) is 83.8 Å². The molecule has 0 saturated carbocycles. The second kappa shape index (κ2) is 20.8. The molecule has 6 rings (SSSR count). The number of fused-ring (bicyclic) bond motifs is 1. The quantitative estimate of drug-likeness (QED) is 0.0848. The topological polar surface area (TPSA) is 143 Å². The fourth-order valence-electron chi connectivity index (χ4n) is 8.63. The zero-order valence-electron chi connectivity index (χ0n) is 36.5. The summed E-state index contributed by atoms with van der Waals surface area (Å²) in [5, 5.41) is 10.7. The summed E-state index contributed by atoms with van der Waals surface area (Å²) in [7, 11) is -1.39. The second-order valence-corrected chi connectivity index (χ2v) is 21.5. The molecule has 3 N–H and O–H groups in total. The lowest BCUT2D eigenvalue weighted by molar-refractivity contribution is -0.143. The third-order valence-electron chi connectivity index (χ3n) is 11.9. The molecule has 4 amide bonds. The first-order valence-corrected chi connectivity index (χ1v) is 23.6. The molecule has 4 aromatic carbocycles. The van der Waals surface area contributed by atoms with Gasteiger partial charge in [-0.25, -0.2) is 0 Å². The minimum Gasteiger partial charge on any atom is -0.497 e. The van der Waals surface area contributed by atoms with E-state index in [1.807, 2.05) is 78.9 Å². The average molecular weight is 857 g/mol. The van der Waals surface area contributed by atoms with Gasteiger partial charge < -0.3 is 30.0 Å². The summed E-state index contributed by atoms with van der Waals surface area (Å²) in [5.41, 5.74) is 1.62. The van der Waals surface area contributed by atoms with E-state index in [9.17, 15) is 24.0 Å². The Morgan fingerprint density at radius 2 is 1.27 bits per heavy atom. The largest absolute Gasteiger partial charge is 0.497 e. The number of methoxy groups -OCH3 is 1. The number of hydrogen-bond donors (Lipinski definition) is 3. The smallest absolute Gasteiger partial charge is 0.262 e. The Morgan fingerprint density at radius 3 is 1.87 bits per heavy atom. The highest BCUT2D eigenvalue weighted by Crippen LogP contribution is 2.37. The van der Waals surface area contributed by atoms with Crippen LogP contribution in [0.4, 0.5) is 0 Å². The number of carbonyl (C=O) groups excluding carboxylic acids is 5. The SMILES string of the molecule is COc1ccc(C[C@H]2NC(=O)[C@H](CCC/C=C/C(=O)[C@H](C)O[Si](c3ccccc3)(c3ccccc3)C(C)(C)C)NC(=O)[C@H]3CCCN3C(=O)[C@H](Cc3ccccc3)NC2=O)cc1. The van der Waals surface area contributed by atoms with Crippen LogP contribution in [0.5, 0.6) is 5.75 Å². The van der Waals surface area contributed by atoms with E-state index in [2.05, 4.69) is 61.0 Å². The number of ether oxygens (including phenoxy) is 1. The van der Waals surface area contributed by atoms with Crippen molar-refractivity contribution in [3.05, 3.63) is 139 Å². The molecule has 0 unspecified atom stereocenters. The minimum atomic E-state index is -2.96. The molecular formula is C50H60N4O7Si. The monoisotopic (exact) mass is 856 g/mol. The number of nitrogens with zero attached hydrogens (tertiary/aromatic N) is 1. The van der Waals surface area contributed by atoms with Crippen LogP contribution in [-0.4, -0.2) is 86.6 Å². The van der Waals surface area contributed by atoms with Gasteiger partial charge in [-0.2, -0.15) is 0 Å². The van der Waals surface area contributed by atoms with E-state index in [0.29, 0.717) is 38.0 Å². The summed E-state index contributed by atoms with van der Waals surface area (Å²) in [6, 6.07) is 33.2. The highest BCUT2D eigenvalue weighted by atomic mass is 28.4. The van der Waals surface area contributed by atoms with Crippen LogP contribution in [0.2, 0.25) is 5.04 Å². The number of rotatable bonds is 15. The van der Waals surface area contributed by atoms with Gasteiger partial charge in [0.1, 0.15) is 36.0 Å². The molecule has 5 atom stereocenters. The predicted octanol–water partition coefficient (Wildman–Crippen LogP) is 5.20. The van der Waals surface area contributed by atoms with Gasteiger partial charge in [0, 0.05) is 19.4 Å². The Labute approximate surface area is 366 Å². The summed E-state index contributed by atoms with van der Waals surface area (Å²) in [5.74, 6) is -1.27. The van der Waals surface area contributed by atoms with Crippen LogP contribution < -0.4 is 31.1 Å². The normalized spacial score (nSPS) is 20.6. The number of benzene rings is 4. The maximum Gasteiger partial charge on any atom is 0.262 e. The maximum atomic E-state index is 14.2. The van der Waals surface area contributed by atoms with Gasteiger partial charge >= 0.3 is 0 Å². The molecule has 0 aromatic heterocycles.